The Balaban J connectivity index is 1.76. The van der Waals surface area contributed by atoms with E-state index in [0.29, 0.717) is 6.04 Å². The molecule has 0 saturated carbocycles. The predicted molar refractivity (Wildman–Crippen MR) is 74.1 cm³/mol. The summed E-state index contributed by atoms with van der Waals surface area (Å²) in [5.41, 5.74) is 2.60. The molecule has 1 aromatic rings. The Labute approximate surface area is 110 Å². The Morgan fingerprint density at radius 3 is 2.94 bits per heavy atom. The van der Waals surface area contributed by atoms with Crippen molar-refractivity contribution in [2.75, 3.05) is 19.6 Å². The molecule has 1 aliphatic heterocycles. The van der Waals surface area contributed by atoms with Gasteiger partial charge in [-0.2, -0.15) is 0 Å². The Morgan fingerprint density at radius 2 is 2.28 bits per heavy atom. The lowest BCUT2D eigenvalue weighted by molar-refractivity contribution is 0.217. The SMILES string of the molecule is C#CCN1CCC(NCc2ccncc2C)CC1. The molecule has 2 heterocycles. The lowest BCUT2D eigenvalue weighted by Crippen LogP contribution is -2.42. The Kier molecular flexibility index (Phi) is 4.74. The Bertz CT molecular complexity index is 414. The first-order valence-corrected chi connectivity index (χ1v) is 6.58. The molecule has 0 amide bonds. The summed E-state index contributed by atoms with van der Waals surface area (Å²) in [5, 5.41) is 3.64. The lowest BCUT2D eigenvalue weighted by atomic mass is 10.0. The second-order valence-corrected chi connectivity index (χ2v) is 4.94. The molecular formula is C15H21N3. The van der Waals surface area contributed by atoms with Gasteiger partial charge in [-0.25, -0.2) is 0 Å². The summed E-state index contributed by atoms with van der Waals surface area (Å²) in [4.78, 5) is 6.46. The van der Waals surface area contributed by atoms with Crippen LogP contribution in [0.4, 0.5) is 0 Å². The van der Waals surface area contributed by atoms with E-state index < -0.39 is 0 Å². The number of pyridine rings is 1. The van der Waals surface area contributed by atoms with Crippen LogP contribution in [0.2, 0.25) is 0 Å². The normalized spacial score (nSPS) is 17.6. The van der Waals surface area contributed by atoms with E-state index in [2.05, 4.69) is 34.1 Å². The third kappa shape index (κ3) is 3.56. The zero-order chi connectivity index (χ0) is 12.8. The number of hydrogen-bond acceptors (Lipinski definition) is 3. The van der Waals surface area contributed by atoms with Crippen molar-refractivity contribution in [2.45, 2.75) is 32.4 Å². The maximum Gasteiger partial charge on any atom is 0.0598 e. The molecule has 1 aromatic heterocycles. The van der Waals surface area contributed by atoms with Gasteiger partial charge < -0.3 is 5.32 Å². The fourth-order valence-corrected chi connectivity index (χ4v) is 2.38. The number of hydrogen-bond donors (Lipinski definition) is 1. The van der Waals surface area contributed by atoms with Gasteiger partial charge in [0.2, 0.25) is 0 Å². The maximum absolute atomic E-state index is 5.33. The molecule has 0 atom stereocenters. The highest BCUT2D eigenvalue weighted by molar-refractivity contribution is 5.21. The molecule has 0 aliphatic carbocycles. The van der Waals surface area contributed by atoms with E-state index in [1.165, 1.54) is 24.0 Å². The Morgan fingerprint density at radius 1 is 1.50 bits per heavy atom. The van der Waals surface area contributed by atoms with Crippen LogP contribution in [-0.4, -0.2) is 35.6 Å². The molecule has 1 N–H and O–H groups in total. The monoisotopic (exact) mass is 243 g/mol. The minimum atomic E-state index is 0.617. The van der Waals surface area contributed by atoms with Crippen molar-refractivity contribution in [3.8, 4) is 12.3 Å². The smallest absolute Gasteiger partial charge is 0.0598 e. The molecule has 0 radical (unpaired) electrons. The molecule has 3 heteroatoms. The number of nitrogens with zero attached hydrogens (tertiary/aromatic N) is 2. The highest BCUT2D eigenvalue weighted by Crippen LogP contribution is 2.11. The van der Waals surface area contributed by atoms with Gasteiger partial charge in [0, 0.05) is 38.1 Å². The van der Waals surface area contributed by atoms with Gasteiger partial charge in [-0.05, 0) is 37.0 Å². The van der Waals surface area contributed by atoms with Crippen molar-refractivity contribution in [1.29, 1.82) is 0 Å². The molecule has 0 spiro atoms. The standard InChI is InChI=1S/C15H21N3/c1-3-8-18-9-5-15(6-10-18)17-12-14-4-7-16-11-13(14)2/h1,4,7,11,15,17H,5-6,8-10,12H2,2H3. The van der Waals surface area contributed by atoms with E-state index in [9.17, 15) is 0 Å². The second-order valence-electron chi connectivity index (χ2n) is 4.94. The molecule has 0 aromatic carbocycles. The fraction of sp³-hybridized carbons (Fsp3) is 0.533. The summed E-state index contributed by atoms with van der Waals surface area (Å²) < 4.78 is 0. The van der Waals surface area contributed by atoms with Gasteiger partial charge in [0.05, 0.1) is 6.54 Å². The molecule has 0 unspecified atom stereocenters. The molecule has 0 bridgehead atoms. The number of aryl methyl sites for hydroxylation is 1. The van der Waals surface area contributed by atoms with Crippen molar-refractivity contribution in [2.24, 2.45) is 0 Å². The average molecular weight is 243 g/mol. The van der Waals surface area contributed by atoms with Crippen molar-refractivity contribution >= 4 is 0 Å². The van der Waals surface area contributed by atoms with E-state index >= 15 is 0 Å². The van der Waals surface area contributed by atoms with Crippen LogP contribution in [0.1, 0.15) is 24.0 Å². The van der Waals surface area contributed by atoms with Crippen LogP contribution in [0.3, 0.4) is 0 Å². The minimum Gasteiger partial charge on any atom is -0.310 e. The number of nitrogens with one attached hydrogen (secondary N) is 1. The van der Waals surface area contributed by atoms with Crippen molar-refractivity contribution < 1.29 is 0 Å². The van der Waals surface area contributed by atoms with Crippen molar-refractivity contribution in [3.05, 3.63) is 29.6 Å². The van der Waals surface area contributed by atoms with E-state index in [1.54, 1.807) is 0 Å². The highest BCUT2D eigenvalue weighted by Gasteiger charge is 2.17. The van der Waals surface area contributed by atoms with Crippen LogP contribution in [0.25, 0.3) is 0 Å². The number of terminal acetylenes is 1. The van der Waals surface area contributed by atoms with Crippen LogP contribution >= 0.6 is 0 Å². The van der Waals surface area contributed by atoms with Crippen LogP contribution in [0.5, 0.6) is 0 Å². The van der Waals surface area contributed by atoms with Gasteiger partial charge >= 0.3 is 0 Å². The molecule has 3 nitrogen and oxygen atoms in total. The minimum absolute atomic E-state index is 0.617. The lowest BCUT2D eigenvalue weighted by Gasteiger charge is -2.31. The van der Waals surface area contributed by atoms with E-state index in [1.807, 2.05) is 12.4 Å². The van der Waals surface area contributed by atoms with Gasteiger partial charge in [-0.3, -0.25) is 9.88 Å². The van der Waals surface area contributed by atoms with Crippen LogP contribution in [0, 0.1) is 19.3 Å². The first-order chi connectivity index (χ1) is 8.79. The van der Waals surface area contributed by atoms with Gasteiger partial charge in [-0.1, -0.05) is 5.92 Å². The first kappa shape index (κ1) is 13.1. The number of rotatable bonds is 4. The number of likely N-dealkylation sites (tertiary alicyclic amines) is 1. The van der Waals surface area contributed by atoms with E-state index in [4.69, 9.17) is 6.42 Å². The summed E-state index contributed by atoms with van der Waals surface area (Å²) in [5.74, 6) is 2.72. The first-order valence-electron chi connectivity index (χ1n) is 6.58. The van der Waals surface area contributed by atoms with Crippen molar-refractivity contribution in [1.82, 2.24) is 15.2 Å². The van der Waals surface area contributed by atoms with Crippen LogP contribution in [0.15, 0.2) is 18.5 Å². The summed E-state index contributed by atoms with van der Waals surface area (Å²) >= 11 is 0. The van der Waals surface area contributed by atoms with Gasteiger partial charge in [0.1, 0.15) is 0 Å². The molecule has 2 rings (SSSR count). The summed E-state index contributed by atoms with van der Waals surface area (Å²) in [6.07, 6.45) is 11.5. The van der Waals surface area contributed by atoms with Crippen molar-refractivity contribution in [3.63, 3.8) is 0 Å². The molecule has 96 valence electrons. The zero-order valence-corrected chi connectivity index (χ0v) is 11.0. The molecule has 18 heavy (non-hydrogen) atoms. The third-order valence-electron chi connectivity index (χ3n) is 3.62. The van der Waals surface area contributed by atoms with Gasteiger partial charge in [-0.15, -0.1) is 6.42 Å². The van der Waals surface area contributed by atoms with Gasteiger partial charge in [0.15, 0.2) is 0 Å². The fourth-order valence-electron chi connectivity index (χ4n) is 2.38. The van der Waals surface area contributed by atoms with E-state index in [-0.39, 0.29) is 0 Å². The number of aromatic nitrogens is 1. The zero-order valence-electron chi connectivity index (χ0n) is 11.0. The molecule has 1 fully saturated rings. The summed E-state index contributed by atoms with van der Waals surface area (Å²) in [6.45, 7) is 6.05. The largest absolute Gasteiger partial charge is 0.310 e. The topological polar surface area (TPSA) is 28.2 Å². The maximum atomic E-state index is 5.33. The molecular weight excluding hydrogens is 222 g/mol. The summed E-state index contributed by atoms with van der Waals surface area (Å²) in [7, 11) is 0. The second kappa shape index (κ2) is 6.53. The molecule has 1 saturated heterocycles. The predicted octanol–water partition coefficient (Wildman–Crippen LogP) is 1.58. The number of piperidine rings is 1. The van der Waals surface area contributed by atoms with Crippen LogP contribution in [-0.2, 0) is 6.54 Å². The quantitative estimate of drug-likeness (QED) is 0.814. The van der Waals surface area contributed by atoms with Crippen LogP contribution < -0.4 is 5.32 Å². The summed E-state index contributed by atoms with van der Waals surface area (Å²) in [6, 6.07) is 2.71. The highest BCUT2D eigenvalue weighted by atomic mass is 15.1. The van der Waals surface area contributed by atoms with Gasteiger partial charge in [0.25, 0.3) is 0 Å². The molecule has 1 aliphatic rings. The average Bonchev–Trinajstić information content (AvgIpc) is 2.40. The third-order valence-corrected chi connectivity index (χ3v) is 3.62. The Hall–Kier alpha value is -1.37. The van der Waals surface area contributed by atoms with E-state index in [0.717, 1.165) is 26.2 Å².